The van der Waals surface area contributed by atoms with E-state index in [9.17, 15) is 17.6 Å². The fourth-order valence-electron chi connectivity index (χ4n) is 2.85. The number of sulfonamides is 1. The molecule has 0 saturated carbocycles. The lowest BCUT2D eigenvalue weighted by molar-refractivity contribution is 0.0698. The summed E-state index contributed by atoms with van der Waals surface area (Å²) < 4.78 is 39.5. The first-order valence-electron chi connectivity index (χ1n) is 8.26. The van der Waals surface area contributed by atoms with E-state index in [4.69, 9.17) is 5.73 Å². The number of halogens is 1. The average molecular weight is 377 g/mol. The van der Waals surface area contributed by atoms with Gasteiger partial charge in [-0.1, -0.05) is 12.1 Å². The van der Waals surface area contributed by atoms with Crippen LogP contribution >= 0.6 is 0 Å². The molecule has 6 nitrogen and oxygen atoms in total. The van der Waals surface area contributed by atoms with Gasteiger partial charge in [-0.2, -0.15) is 4.31 Å². The minimum atomic E-state index is -3.69. The summed E-state index contributed by atoms with van der Waals surface area (Å²) in [6, 6.07) is 11.8. The number of benzene rings is 2. The molecule has 26 heavy (non-hydrogen) atoms. The predicted molar refractivity (Wildman–Crippen MR) is 95.4 cm³/mol. The third-order valence-corrected chi connectivity index (χ3v) is 6.33. The van der Waals surface area contributed by atoms with Crippen molar-refractivity contribution in [1.82, 2.24) is 9.21 Å². The second-order valence-corrected chi connectivity index (χ2v) is 7.99. The van der Waals surface area contributed by atoms with Crippen molar-refractivity contribution in [3.8, 4) is 0 Å². The minimum Gasteiger partial charge on any atom is -0.336 e. The minimum absolute atomic E-state index is 0.0519. The zero-order valence-electron chi connectivity index (χ0n) is 14.1. The Morgan fingerprint density at radius 3 is 2.08 bits per heavy atom. The lowest BCUT2D eigenvalue weighted by Crippen LogP contribution is -2.50. The van der Waals surface area contributed by atoms with Crippen LogP contribution in [-0.4, -0.2) is 49.7 Å². The number of hydrogen-bond donors (Lipinski definition) is 1. The first-order valence-corrected chi connectivity index (χ1v) is 9.70. The number of rotatable bonds is 4. The lowest BCUT2D eigenvalue weighted by Gasteiger charge is -2.34. The van der Waals surface area contributed by atoms with Crippen molar-refractivity contribution in [3.05, 3.63) is 65.5 Å². The second kappa shape index (κ2) is 7.53. The summed E-state index contributed by atoms with van der Waals surface area (Å²) >= 11 is 0. The average Bonchev–Trinajstić information content (AvgIpc) is 2.68. The molecule has 0 aromatic heterocycles. The van der Waals surface area contributed by atoms with Gasteiger partial charge in [-0.15, -0.1) is 0 Å². The number of amides is 1. The zero-order chi connectivity index (χ0) is 18.7. The fraction of sp³-hybridized carbons (Fsp3) is 0.278. The van der Waals surface area contributed by atoms with Crippen molar-refractivity contribution in [3.63, 3.8) is 0 Å². The summed E-state index contributed by atoms with van der Waals surface area (Å²) in [7, 11) is -3.69. The van der Waals surface area contributed by atoms with Crippen LogP contribution in [0.1, 0.15) is 15.9 Å². The highest BCUT2D eigenvalue weighted by molar-refractivity contribution is 7.89. The van der Waals surface area contributed by atoms with Gasteiger partial charge in [0.25, 0.3) is 5.91 Å². The van der Waals surface area contributed by atoms with Crippen molar-refractivity contribution in [1.29, 1.82) is 0 Å². The molecule has 3 rings (SSSR count). The van der Waals surface area contributed by atoms with Crippen molar-refractivity contribution >= 4 is 15.9 Å². The smallest absolute Gasteiger partial charge is 0.253 e. The first kappa shape index (κ1) is 18.5. The number of piperazine rings is 1. The molecule has 138 valence electrons. The fourth-order valence-corrected chi connectivity index (χ4v) is 4.28. The highest BCUT2D eigenvalue weighted by atomic mass is 32.2. The van der Waals surface area contributed by atoms with Gasteiger partial charge in [-0.3, -0.25) is 4.79 Å². The lowest BCUT2D eigenvalue weighted by atomic mass is 10.1. The highest BCUT2D eigenvalue weighted by Gasteiger charge is 2.30. The highest BCUT2D eigenvalue weighted by Crippen LogP contribution is 2.19. The van der Waals surface area contributed by atoms with Crippen molar-refractivity contribution in [2.24, 2.45) is 5.73 Å². The van der Waals surface area contributed by atoms with Gasteiger partial charge < -0.3 is 10.6 Å². The van der Waals surface area contributed by atoms with Gasteiger partial charge in [-0.25, -0.2) is 12.8 Å². The Balaban J connectivity index is 1.66. The molecule has 1 aliphatic heterocycles. The van der Waals surface area contributed by atoms with Gasteiger partial charge in [0.1, 0.15) is 5.82 Å². The quantitative estimate of drug-likeness (QED) is 0.874. The van der Waals surface area contributed by atoms with E-state index in [1.165, 1.54) is 16.4 Å². The van der Waals surface area contributed by atoms with E-state index in [-0.39, 0.29) is 23.9 Å². The van der Waals surface area contributed by atoms with Crippen LogP contribution in [0, 0.1) is 5.82 Å². The van der Waals surface area contributed by atoms with Crippen molar-refractivity contribution in [2.45, 2.75) is 11.4 Å². The van der Waals surface area contributed by atoms with Crippen LogP contribution in [-0.2, 0) is 16.6 Å². The summed E-state index contributed by atoms with van der Waals surface area (Å²) in [5.41, 5.74) is 7.05. The molecule has 1 amide bonds. The van der Waals surface area contributed by atoms with Gasteiger partial charge in [0.2, 0.25) is 10.0 Å². The predicted octanol–water partition coefficient (Wildman–Crippen LogP) is 1.43. The number of carbonyl (C=O) groups is 1. The Hall–Kier alpha value is -2.29. The molecule has 1 heterocycles. The Bertz CT molecular complexity index is 875. The molecule has 2 aromatic rings. The molecular weight excluding hydrogens is 357 g/mol. The third-order valence-electron chi connectivity index (χ3n) is 4.41. The van der Waals surface area contributed by atoms with E-state index in [1.807, 2.05) is 12.1 Å². The van der Waals surface area contributed by atoms with Gasteiger partial charge in [-0.05, 0) is 42.0 Å². The van der Waals surface area contributed by atoms with Crippen LogP contribution in [0.4, 0.5) is 4.39 Å². The van der Waals surface area contributed by atoms with Crippen molar-refractivity contribution in [2.75, 3.05) is 26.2 Å². The topological polar surface area (TPSA) is 83.7 Å². The van der Waals surface area contributed by atoms with E-state index in [1.54, 1.807) is 17.0 Å². The van der Waals surface area contributed by atoms with Gasteiger partial charge in [0.15, 0.2) is 0 Å². The first-order chi connectivity index (χ1) is 12.4. The van der Waals surface area contributed by atoms with E-state index in [0.29, 0.717) is 25.2 Å². The summed E-state index contributed by atoms with van der Waals surface area (Å²) in [4.78, 5) is 14.2. The molecule has 1 aliphatic rings. The molecular formula is C18H20FN3O3S. The largest absolute Gasteiger partial charge is 0.336 e. The maximum absolute atomic E-state index is 13.0. The van der Waals surface area contributed by atoms with Crippen LogP contribution < -0.4 is 5.73 Å². The van der Waals surface area contributed by atoms with Crippen LogP contribution in [0.5, 0.6) is 0 Å². The van der Waals surface area contributed by atoms with Crippen LogP contribution in [0.2, 0.25) is 0 Å². The maximum Gasteiger partial charge on any atom is 0.253 e. The van der Waals surface area contributed by atoms with E-state index in [0.717, 1.165) is 17.7 Å². The molecule has 0 spiro atoms. The molecule has 1 saturated heterocycles. The maximum atomic E-state index is 13.0. The van der Waals surface area contributed by atoms with E-state index < -0.39 is 15.8 Å². The van der Waals surface area contributed by atoms with E-state index >= 15 is 0 Å². The monoisotopic (exact) mass is 377 g/mol. The Morgan fingerprint density at radius 1 is 0.962 bits per heavy atom. The van der Waals surface area contributed by atoms with Crippen LogP contribution in [0.25, 0.3) is 0 Å². The third kappa shape index (κ3) is 3.77. The van der Waals surface area contributed by atoms with Crippen LogP contribution in [0.3, 0.4) is 0 Å². The Labute approximate surface area is 152 Å². The van der Waals surface area contributed by atoms with Gasteiger partial charge in [0.05, 0.1) is 4.90 Å². The summed E-state index contributed by atoms with van der Waals surface area (Å²) in [5.74, 6) is -0.618. The molecule has 8 heteroatoms. The summed E-state index contributed by atoms with van der Waals surface area (Å²) in [6.45, 7) is 1.42. The molecule has 0 unspecified atom stereocenters. The Morgan fingerprint density at radius 2 is 1.54 bits per heavy atom. The number of nitrogens with zero attached hydrogens (tertiary/aromatic N) is 2. The SMILES string of the molecule is NCc1ccc(C(=O)N2CCN(S(=O)(=O)c3ccc(F)cc3)CC2)cc1. The number of hydrogen-bond acceptors (Lipinski definition) is 4. The number of carbonyl (C=O) groups excluding carboxylic acids is 1. The van der Waals surface area contributed by atoms with Gasteiger partial charge >= 0.3 is 0 Å². The van der Waals surface area contributed by atoms with Crippen LogP contribution in [0.15, 0.2) is 53.4 Å². The summed E-state index contributed by atoms with van der Waals surface area (Å²) in [5, 5.41) is 0. The normalized spacial score (nSPS) is 15.8. The van der Waals surface area contributed by atoms with E-state index in [2.05, 4.69) is 0 Å². The molecule has 0 aliphatic carbocycles. The molecule has 0 atom stereocenters. The molecule has 0 radical (unpaired) electrons. The summed E-state index contributed by atoms with van der Waals surface area (Å²) in [6.07, 6.45) is 0. The Kier molecular flexibility index (Phi) is 5.36. The molecule has 1 fully saturated rings. The number of nitrogens with two attached hydrogens (primary N) is 1. The van der Waals surface area contributed by atoms with Crippen molar-refractivity contribution < 1.29 is 17.6 Å². The zero-order valence-corrected chi connectivity index (χ0v) is 15.0. The standard InChI is InChI=1S/C18H20FN3O3S/c19-16-5-7-17(8-6-16)26(24,25)22-11-9-21(10-12-22)18(23)15-3-1-14(13-20)2-4-15/h1-8H,9-13,20H2. The molecule has 0 bridgehead atoms. The second-order valence-electron chi connectivity index (χ2n) is 6.05. The molecule has 2 N–H and O–H groups in total. The molecule has 2 aromatic carbocycles. The van der Waals surface area contributed by atoms with Gasteiger partial charge in [0, 0.05) is 38.3 Å².